The number of para-hydroxylation sites is 1. The maximum atomic E-state index is 5.37. The van der Waals surface area contributed by atoms with Crippen LogP contribution in [0.15, 0.2) is 48.7 Å². The fourth-order valence-corrected chi connectivity index (χ4v) is 2.85. The van der Waals surface area contributed by atoms with Crippen molar-refractivity contribution in [1.29, 1.82) is 0 Å². The van der Waals surface area contributed by atoms with Crippen LogP contribution in [-0.2, 0) is 6.42 Å². The van der Waals surface area contributed by atoms with Crippen LogP contribution < -0.4 is 15.4 Å². The molecular weight excluding hydrogens is 326 g/mol. The Balaban J connectivity index is 1.62. The number of nitrogens with zero attached hydrogens (tertiary/aromatic N) is 3. The Morgan fingerprint density at radius 1 is 1.04 bits per heavy atom. The van der Waals surface area contributed by atoms with Crippen LogP contribution in [-0.4, -0.2) is 28.8 Å². The van der Waals surface area contributed by atoms with Crippen LogP contribution in [0, 0.1) is 13.8 Å². The fraction of sp³-hybridized carbons (Fsp3) is 0.250. The second kappa shape index (κ2) is 8.29. The number of hydrogen-bond donors (Lipinski definition) is 2. The van der Waals surface area contributed by atoms with E-state index in [0.29, 0.717) is 18.3 Å². The maximum Gasteiger partial charge on any atom is 0.244 e. The van der Waals surface area contributed by atoms with Gasteiger partial charge < -0.3 is 15.4 Å². The summed E-state index contributed by atoms with van der Waals surface area (Å²) in [5, 5.41) is 14.6. The number of aryl methyl sites for hydroxylation is 2. The van der Waals surface area contributed by atoms with Gasteiger partial charge in [-0.2, -0.15) is 10.1 Å². The summed E-state index contributed by atoms with van der Waals surface area (Å²) in [5.74, 6) is 2.04. The molecule has 2 N–H and O–H groups in total. The Labute approximate surface area is 153 Å². The van der Waals surface area contributed by atoms with Crippen molar-refractivity contribution in [2.75, 3.05) is 24.3 Å². The molecule has 0 radical (unpaired) electrons. The summed E-state index contributed by atoms with van der Waals surface area (Å²) in [5.41, 5.74) is 4.53. The lowest BCUT2D eigenvalue weighted by molar-refractivity contribution is 0.410. The number of aromatic nitrogens is 3. The summed E-state index contributed by atoms with van der Waals surface area (Å²) in [6.07, 6.45) is 2.42. The number of nitrogens with one attached hydrogen (secondary N) is 2. The summed E-state index contributed by atoms with van der Waals surface area (Å²) in [7, 11) is 1.68. The molecule has 2 aromatic carbocycles. The minimum Gasteiger partial charge on any atom is -0.496 e. The molecule has 3 aromatic rings. The smallest absolute Gasteiger partial charge is 0.244 e. The average molecular weight is 349 g/mol. The third kappa shape index (κ3) is 4.69. The summed E-state index contributed by atoms with van der Waals surface area (Å²) < 4.78 is 5.37. The molecule has 1 aromatic heterocycles. The van der Waals surface area contributed by atoms with Crippen molar-refractivity contribution in [1.82, 2.24) is 15.2 Å². The van der Waals surface area contributed by atoms with Crippen LogP contribution in [0.5, 0.6) is 5.75 Å². The molecule has 0 unspecified atom stereocenters. The zero-order valence-electron chi connectivity index (χ0n) is 15.3. The number of anilines is 3. The topological polar surface area (TPSA) is 72.0 Å². The van der Waals surface area contributed by atoms with Gasteiger partial charge in [-0.3, -0.25) is 0 Å². The van der Waals surface area contributed by atoms with Gasteiger partial charge in [0.15, 0.2) is 5.82 Å². The molecule has 0 amide bonds. The Bertz CT molecular complexity index is 861. The molecule has 0 spiro atoms. The monoisotopic (exact) mass is 349 g/mol. The van der Waals surface area contributed by atoms with E-state index in [0.717, 1.165) is 23.4 Å². The first-order chi connectivity index (χ1) is 12.6. The predicted molar refractivity (Wildman–Crippen MR) is 104 cm³/mol. The van der Waals surface area contributed by atoms with Gasteiger partial charge in [0.05, 0.1) is 13.3 Å². The first-order valence-electron chi connectivity index (χ1n) is 8.55. The second-order valence-corrected chi connectivity index (χ2v) is 6.16. The van der Waals surface area contributed by atoms with E-state index in [1.165, 1.54) is 11.1 Å². The average Bonchev–Trinajstić information content (AvgIpc) is 2.61. The number of hydrogen-bond acceptors (Lipinski definition) is 6. The Morgan fingerprint density at radius 2 is 1.81 bits per heavy atom. The first kappa shape index (κ1) is 17.7. The Morgan fingerprint density at radius 3 is 2.58 bits per heavy atom. The molecule has 0 aliphatic heterocycles. The number of rotatable bonds is 7. The predicted octanol–water partition coefficient (Wildman–Crippen LogP) is 3.90. The third-order valence-corrected chi connectivity index (χ3v) is 3.92. The van der Waals surface area contributed by atoms with E-state index >= 15 is 0 Å². The van der Waals surface area contributed by atoms with E-state index in [2.05, 4.69) is 63.9 Å². The molecule has 134 valence electrons. The van der Waals surface area contributed by atoms with Crippen molar-refractivity contribution in [3.05, 3.63) is 65.4 Å². The molecule has 0 saturated heterocycles. The highest BCUT2D eigenvalue weighted by Gasteiger charge is 2.04. The van der Waals surface area contributed by atoms with Gasteiger partial charge in [-0.25, -0.2) is 0 Å². The van der Waals surface area contributed by atoms with Crippen LogP contribution in [0.4, 0.5) is 17.5 Å². The molecule has 6 nitrogen and oxygen atoms in total. The lowest BCUT2D eigenvalue weighted by atomic mass is 10.1. The Hall–Kier alpha value is -3.15. The lowest BCUT2D eigenvalue weighted by Gasteiger charge is -2.10. The van der Waals surface area contributed by atoms with Gasteiger partial charge in [0.25, 0.3) is 0 Å². The summed E-state index contributed by atoms with van der Waals surface area (Å²) in [6, 6.07) is 14.3. The fourth-order valence-electron chi connectivity index (χ4n) is 2.85. The van der Waals surface area contributed by atoms with E-state index < -0.39 is 0 Å². The van der Waals surface area contributed by atoms with Crippen molar-refractivity contribution in [2.24, 2.45) is 0 Å². The van der Waals surface area contributed by atoms with Gasteiger partial charge >= 0.3 is 0 Å². The van der Waals surface area contributed by atoms with Gasteiger partial charge in [-0.15, -0.1) is 5.10 Å². The molecule has 0 aliphatic rings. The molecule has 6 heteroatoms. The molecule has 0 bridgehead atoms. The maximum absolute atomic E-state index is 5.37. The van der Waals surface area contributed by atoms with Gasteiger partial charge in [0, 0.05) is 12.2 Å². The Kier molecular flexibility index (Phi) is 5.63. The molecule has 3 rings (SSSR count). The van der Waals surface area contributed by atoms with Crippen molar-refractivity contribution < 1.29 is 4.74 Å². The van der Waals surface area contributed by atoms with E-state index in [-0.39, 0.29) is 0 Å². The minimum atomic E-state index is 0.495. The molecule has 0 aliphatic carbocycles. The van der Waals surface area contributed by atoms with Crippen molar-refractivity contribution in [3.8, 4) is 5.75 Å². The minimum absolute atomic E-state index is 0.495. The second-order valence-electron chi connectivity index (χ2n) is 6.16. The summed E-state index contributed by atoms with van der Waals surface area (Å²) in [4.78, 5) is 4.47. The highest BCUT2D eigenvalue weighted by atomic mass is 16.5. The van der Waals surface area contributed by atoms with Gasteiger partial charge in [0.2, 0.25) is 5.95 Å². The SMILES string of the molecule is COc1ccccc1CCNc1nncc(Nc2cc(C)cc(C)c2)n1. The third-order valence-electron chi connectivity index (χ3n) is 3.92. The van der Waals surface area contributed by atoms with E-state index in [4.69, 9.17) is 4.74 Å². The van der Waals surface area contributed by atoms with Crippen LogP contribution >= 0.6 is 0 Å². The van der Waals surface area contributed by atoms with E-state index in [1.807, 2.05) is 18.2 Å². The first-order valence-corrected chi connectivity index (χ1v) is 8.55. The summed E-state index contributed by atoms with van der Waals surface area (Å²) in [6.45, 7) is 4.83. The standard InChI is InChI=1S/C20H23N5O/c1-14-10-15(2)12-17(11-14)23-19-13-22-25-20(24-19)21-9-8-16-6-4-5-7-18(16)26-3/h4-7,10-13H,8-9H2,1-3H3,(H2,21,23,24,25). The molecule has 0 fully saturated rings. The summed E-state index contributed by atoms with van der Waals surface area (Å²) >= 11 is 0. The number of benzene rings is 2. The van der Waals surface area contributed by atoms with Crippen LogP contribution in [0.1, 0.15) is 16.7 Å². The molecule has 0 saturated carbocycles. The highest BCUT2D eigenvalue weighted by Crippen LogP contribution is 2.19. The zero-order chi connectivity index (χ0) is 18.4. The number of ether oxygens (including phenoxy) is 1. The quantitative estimate of drug-likeness (QED) is 0.674. The van der Waals surface area contributed by atoms with Crippen molar-refractivity contribution in [3.63, 3.8) is 0 Å². The van der Waals surface area contributed by atoms with Gasteiger partial charge in [-0.1, -0.05) is 24.3 Å². The van der Waals surface area contributed by atoms with Gasteiger partial charge in [0.1, 0.15) is 5.75 Å². The van der Waals surface area contributed by atoms with Crippen molar-refractivity contribution >= 4 is 17.5 Å². The van der Waals surface area contributed by atoms with Crippen LogP contribution in [0.3, 0.4) is 0 Å². The molecule has 0 atom stereocenters. The molecular formula is C20H23N5O. The number of methoxy groups -OCH3 is 1. The van der Waals surface area contributed by atoms with Crippen LogP contribution in [0.2, 0.25) is 0 Å². The van der Waals surface area contributed by atoms with E-state index in [9.17, 15) is 0 Å². The lowest BCUT2D eigenvalue weighted by Crippen LogP contribution is -2.10. The molecule has 1 heterocycles. The van der Waals surface area contributed by atoms with E-state index in [1.54, 1.807) is 13.3 Å². The van der Waals surface area contributed by atoms with Crippen LogP contribution in [0.25, 0.3) is 0 Å². The molecule has 26 heavy (non-hydrogen) atoms. The van der Waals surface area contributed by atoms with Crippen molar-refractivity contribution in [2.45, 2.75) is 20.3 Å². The zero-order valence-corrected chi connectivity index (χ0v) is 15.3. The largest absolute Gasteiger partial charge is 0.496 e. The normalized spacial score (nSPS) is 10.4. The van der Waals surface area contributed by atoms with Gasteiger partial charge in [-0.05, 0) is 55.2 Å². The highest BCUT2D eigenvalue weighted by molar-refractivity contribution is 5.58.